The molecule has 0 atom stereocenters. The Kier molecular flexibility index (Phi) is 15.7. The summed E-state index contributed by atoms with van der Waals surface area (Å²) >= 11 is 0. The Hall–Kier alpha value is 0.210. The van der Waals surface area contributed by atoms with Crippen LogP contribution in [-0.4, -0.2) is 40.6 Å². The number of hydrogen-bond acceptors (Lipinski definition) is 1. The molecule has 0 heterocycles. The predicted molar refractivity (Wildman–Crippen MR) is 61.9 cm³/mol. The molecule has 0 aliphatic carbocycles. The van der Waals surface area contributed by atoms with Gasteiger partial charge in [-0.15, -0.1) is 0 Å². The molecule has 0 radical (unpaired) electrons. The Morgan fingerprint density at radius 1 is 1.14 bits per heavy atom. The third-order valence-electron chi connectivity index (χ3n) is 1.98. The van der Waals surface area contributed by atoms with Gasteiger partial charge >= 0.3 is 35.5 Å². The number of hydrogen-bond donors (Lipinski definition) is 1. The average molecular weight is 208 g/mol. The maximum atomic E-state index is 10.1. The third-order valence-corrected chi connectivity index (χ3v) is 1.98. The van der Waals surface area contributed by atoms with E-state index in [1.807, 2.05) is 0 Å². The minimum absolute atomic E-state index is 0. The number of carbonyl (C=O) groups is 1. The van der Waals surface area contributed by atoms with Gasteiger partial charge in [-0.1, -0.05) is 45.1 Å². The molecule has 0 saturated carbocycles. The van der Waals surface area contributed by atoms with Crippen molar-refractivity contribution >= 4 is 35.5 Å². The van der Waals surface area contributed by atoms with Crippen LogP contribution in [0.15, 0.2) is 12.2 Å². The molecule has 0 fully saturated rings. The van der Waals surface area contributed by atoms with E-state index in [-0.39, 0.29) is 29.6 Å². The molecular weight excluding hydrogens is 187 g/mol. The summed E-state index contributed by atoms with van der Waals surface area (Å²) in [6, 6.07) is 0. The summed E-state index contributed by atoms with van der Waals surface area (Å²) in [5.41, 5.74) is 0. The van der Waals surface area contributed by atoms with E-state index in [9.17, 15) is 4.79 Å². The second kappa shape index (κ2) is 13.2. The third kappa shape index (κ3) is 14.7. The van der Waals surface area contributed by atoms with E-state index in [2.05, 4.69) is 6.92 Å². The molecule has 0 spiro atoms. The molecule has 14 heavy (non-hydrogen) atoms. The van der Waals surface area contributed by atoms with Gasteiger partial charge in [-0.05, 0) is 12.8 Å². The van der Waals surface area contributed by atoms with Crippen molar-refractivity contribution in [1.82, 2.24) is 0 Å². The van der Waals surface area contributed by atoms with Gasteiger partial charge in [-0.3, -0.25) is 0 Å². The van der Waals surface area contributed by atoms with Crippen LogP contribution in [0.1, 0.15) is 51.9 Å². The van der Waals surface area contributed by atoms with E-state index in [1.54, 1.807) is 6.08 Å². The van der Waals surface area contributed by atoms with Crippen molar-refractivity contribution in [3.05, 3.63) is 12.2 Å². The van der Waals surface area contributed by atoms with Gasteiger partial charge in [0.1, 0.15) is 0 Å². The van der Waals surface area contributed by atoms with Crippen molar-refractivity contribution < 1.29 is 9.90 Å². The number of carboxylic acids is 1. The summed E-state index contributed by atoms with van der Waals surface area (Å²) in [7, 11) is 0. The first kappa shape index (κ1) is 16.6. The molecule has 1 N–H and O–H groups in total. The van der Waals surface area contributed by atoms with Gasteiger partial charge in [0.2, 0.25) is 0 Å². The number of rotatable bonds is 8. The summed E-state index contributed by atoms with van der Waals surface area (Å²) in [5.74, 6) is -0.842. The van der Waals surface area contributed by atoms with Gasteiger partial charge in [0.25, 0.3) is 0 Å². The molecule has 0 saturated heterocycles. The molecule has 0 aromatic carbocycles. The van der Waals surface area contributed by atoms with Crippen LogP contribution in [-0.2, 0) is 4.79 Å². The molecule has 0 aliphatic rings. The molecule has 0 aromatic rings. The number of allylic oxidation sites excluding steroid dienone is 1. The van der Waals surface area contributed by atoms with E-state index in [0.29, 0.717) is 0 Å². The molecule has 0 bridgehead atoms. The Labute approximate surface area is 109 Å². The van der Waals surface area contributed by atoms with Gasteiger partial charge < -0.3 is 5.11 Å². The van der Waals surface area contributed by atoms with Crippen molar-refractivity contribution in [2.75, 3.05) is 0 Å². The Morgan fingerprint density at radius 3 is 2.29 bits per heavy atom. The van der Waals surface area contributed by atoms with Crippen molar-refractivity contribution in [2.45, 2.75) is 51.9 Å². The number of unbranched alkanes of at least 4 members (excludes halogenated alkanes) is 6. The summed E-state index contributed by atoms with van der Waals surface area (Å²) in [6.07, 6.45) is 11.4. The zero-order valence-corrected chi connectivity index (χ0v) is 8.46. The predicted octanol–water partition coefficient (Wildman–Crippen LogP) is 2.73. The summed E-state index contributed by atoms with van der Waals surface area (Å²) in [4.78, 5) is 10.1. The Morgan fingerprint density at radius 2 is 1.71 bits per heavy atom. The van der Waals surface area contributed by atoms with Crippen LogP contribution in [0.2, 0.25) is 0 Å². The van der Waals surface area contributed by atoms with Crippen molar-refractivity contribution in [3.8, 4) is 0 Å². The van der Waals surface area contributed by atoms with Crippen LogP contribution in [0.25, 0.3) is 0 Å². The SMILES string of the molecule is CCCCCCCCC=CC(=O)O.[NaH]. The fourth-order valence-electron chi connectivity index (χ4n) is 1.23. The van der Waals surface area contributed by atoms with E-state index in [1.165, 1.54) is 38.2 Å². The molecule has 0 amide bonds. The van der Waals surface area contributed by atoms with Crippen LogP contribution in [0.3, 0.4) is 0 Å². The van der Waals surface area contributed by atoms with E-state index < -0.39 is 5.97 Å². The normalized spacial score (nSPS) is 10.1. The minimum atomic E-state index is -0.842. The first-order valence-corrected chi connectivity index (χ1v) is 5.17. The quantitative estimate of drug-likeness (QED) is 0.378. The van der Waals surface area contributed by atoms with E-state index >= 15 is 0 Å². The summed E-state index contributed by atoms with van der Waals surface area (Å²) in [6.45, 7) is 2.20. The van der Waals surface area contributed by atoms with Crippen LogP contribution < -0.4 is 0 Å². The molecule has 2 nitrogen and oxygen atoms in total. The topological polar surface area (TPSA) is 37.3 Å². The fraction of sp³-hybridized carbons (Fsp3) is 0.727. The summed E-state index contributed by atoms with van der Waals surface area (Å²) < 4.78 is 0. The molecule has 0 unspecified atom stereocenters. The molecule has 0 aromatic heterocycles. The first-order chi connectivity index (χ1) is 6.27. The molecule has 0 rings (SSSR count). The van der Waals surface area contributed by atoms with Gasteiger partial charge in [0.05, 0.1) is 0 Å². The summed E-state index contributed by atoms with van der Waals surface area (Å²) in [5, 5.41) is 8.30. The Balaban J connectivity index is 0. The first-order valence-electron chi connectivity index (χ1n) is 5.17. The van der Waals surface area contributed by atoms with Crippen molar-refractivity contribution in [3.63, 3.8) is 0 Å². The zero-order chi connectivity index (χ0) is 9.94. The van der Waals surface area contributed by atoms with E-state index in [4.69, 9.17) is 5.11 Å². The van der Waals surface area contributed by atoms with Crippen molar-refractivity contribution in [2.24, 2.45) is 0 Å². The van der Waals surface area contributed by atoms with Crippen LogP contribution >= 0.6 is 0 Å². The zero-order valence-electron chi connectivity index (χ0n) is 8.46. The fourth-order valence-corrected chi connectivity index (χ4v) is 1.23. The number of aliphatic carboxylic acids is 1. The van der Waals surface area contributed by atoms with Gasteiger partial charge in [-0.2, -0.15) is 0 Å². The number of carboxylic acid groups (broad SMARTS) is 1. The Bertz CT molecular complexity index is 155. The average Bonchev–Trinajstić information content (AvgIpc) is 2.09. The standard InChI is InChI=1S/C11H20O2.Na.H/c1-2-3-4-5-6-7-8-9-10-11(12)13;;/h9-10H,2-8H2,1H3,(H,12,13);;. The van der Waals surface area contributed by atoms with Crippen LogP contribution in [0.4, 0.5) is 0 Å². The molecule has 3 heteroatoms. The van der Waals surface area contributed by atoms with Crippen LogP contribution in [0, 0.1) is 0 Å². The van der Waals surface area contributed by atoms with Gasteiger partial charge in [0.15, 0.2) is 0 Å². The second-order valence-corrected chi connectivity index (χ2v) is 3.30. The van der Waals surface area contributed by atoms with E-state index in [0.717, 1.165) is 12.8 Å². The van der Waals surface area contributed by atoms with Crippen molar-refractivity contribution in [1.29, 1.82) is 0 Å². The molecule has 78 valence electrons. The van der Waals surface area contributed by atoms with Crippen LogP contribution in [0.5, 0.6) is 0 Å². The maximum absolute atomic E-state index is 10.1. The van der Waals surface area contributed by atoms with Gasteiger partial charge in [-0.25, -0.2) is 4.79 Å². The monoisotopic (exact) mass is 208 g/mol. The molecular formula is C11H21NaO2. The second-order valence-electron chi connectivity index (χ2n) is 3.30. The van der Waals surface area contributed by atoms with Gasteiger partial charge in [0, 0.05) is 6.08 Å². The molecule has 0 aliphatic heterocycles.